The first-order chi connectivity index (χ1) is 4.33. The van der Waals surface area contributed by atoms with Crippen LogP contribution in [0.5, 0.6) is 0 Å². The topological polar surface area (TPSA) is 0 Å². The van der Waals surface area contributed by atoms with Gasteiger partial charge in [0.15, 0.2) is 0 Å². The van der Waals surface area contributed by atoms with Crippen molar-refractivity contribution in [2.24, 2.45) is 0 Å². The Bertz CT molecular complexity index is 183. The molecule has 0 saturated carbocycles. The van der Waals surface area contributed by atoms with Gasteiger partial charge in [-0.05, 0) is 10.6 Å². The van der Waals surface area contributed by atoms with E-state index >= 15 is 0 Å². The second-order valence-electron chi connectivity index (χ2n) is 1.72. The van der Waals surface area contributed by atoms with Gasteiger partial charge in [-0.15, -0.1) is 9.24 Å². The predicted molar refractivity (Wildman–Crippen MR) is 49.6 cm³/mol. The van der Waals surface area contributed by atoms with Crippen molar-refractivity contribution in [3.05, 3.63) is 24.3 Å². The molecule has 0 aliphatic carbocycles. The summed E-state index contributed by atoms with van der Waals surface area (Å²) < 4.78 is 0. The van der Waals surface area contributed by atoms with E-state index in [1.165, 1.54) is 10.6 Å². The van der Waals surface area contributed by atoms with E-state index in [4.69, 9.17) is 11.2 Å². The number of halogens is 1. The summed E-state index contributed by atoms with van der Waals surface area (Å²) in [6.45, 7) is 0. The second kappa shape index (κ2) is 3.52. The van der Waals surface area contributed by atoms with Crippen molar-refractivity contribution in [2.45, 2.75) is 0 Å². The molecule has 0 bridgehead atoms. The summed E-state index contributed by atoms with van der Waals surface area (Å²) in [7, 11) is 3.02. The lowest BCUT2D eigenvalue weighted by Gasteiger charge is -1.93. The highest BCUT2D eigenvalue weighted by Gasteiger charge is 1.86. The molecule has 0 saturated heterocycles. The van der Waals surface area contributed by atoms with Crippen molar-refractivity contribution in [2.75, 3.05) is 0 Å². The zero-order valence-corrected chi connectivity index (χ0v) is 7.68. The highest BCUT2D eigenvalue weighted by Crippen LogP contribution is 2.13. The van der Waals surface area contributed by atoms with Crippen LogP contribution in [0.15, 0.2) is 24.3 Å². The van der Waals surface area contributed by atoms with Crippen LogP contribution in [0.3, 0.4) is 0 Å². The van der Waals surface area contributed by atoms with Gasteiger partial charge in [-0.25, -0.2) is 0 Å². The minimum atomic E-state index is 0.389. The van der Waals surface area contributed by atoms with Crippen molar-refractivity contribution in [3.63, 3.8) is 0 Å². The fourth-order valence-electron chi connectivity index (χ4n) is 0.546. The monoisotopic (exact) mass is 176 g/mol. The fraction of sp³-hybridized carbons (Fsp3) is 0. The SMILES string of the molecule is Pc1ccc(PCl)cc1. The van der Waals surface area contributed by atoms with E-state index in [9.17, 15) is 0 Å². The molecule has 0 fully saturated rings. The highest BCUT2D eigenvalue weighted by atomic mass is 35.7. The van der Waals surface area contributed by atoms with E-state index in [0.29, 0.717) is 7.93 Å². The molecule has 1 aromatic rings. The van der Waals surface area contributed by atoms with Gasteiger partial charge in [-0.1, -0.05) is 35.5 Å². The van der Waals surface area contributed by atoms with Crippen molar-refractivity contribution in [3.8, 4) is 0 Å². The lowest BCUT2D eigenvalue weighted by atomic mass is 10.4. The van der Waals surface area contributed by atoms with E-state index in [1.54, 1.807) is 0 Å². The first-order valence-electron chi connectivity index (χ1n) is 2.55. The summed E-state index contributed by atoms with van der Waals surface area (Å²) in [4.78, 5) is 0. The Morgan fingerprint density at radius 3 is 2.22 bits per heavy atom. The molecule has 0 amide bonds. The average molecular weight is 177 g/mol. The van der Waals surface area contributed by atoms with Crippen LogP contribution in [0.4, 0.5) is 0 Å². The van der Waals surface area contributed by atoms with Crippen LogP contribution in [0, 0.1) is 0 Å². The van der Waals surface area contributed by atoms with Crippen molar-refractivity contribution in [1.29, 1.82) is 0 Å². The van der Waals surface area contributed by atoms with Gasteiger partial charge < -0.3 is 0 Å². The predicted octanol–water partition coefficient (Wildman–Crippen LogP) is 1.64. The maximum absolute atomic E-state index is 5.60. The van der Waals surface area contributed by atoms with Gasteiger partial charge in [-0.2, -0.15) is 0 Å². The Hall–Kier alpha value is 0.370. The van der Waals surface area contributed by atoms with Gasteiger partial charge in [0.05, 0.1) is 0 Å². The van der Waals surface area contributed by atoms with Gasteiger partial charge in [0.25, 0.3) is 0 Å². The third-order valence-electron chi connectivity index (χ3n) is 1.02. The lowest BCUT2D eigenvalue weighted by molar-refractivity contribution is 1.86. The molecule has 1 rings (SSSR count). The molecule has 0 aromatic heterocycles. The van der Waals surface area contributed by atoms with E-state index < -0.39 is 0 Å². The largest absolute Gasteiger partial charge is 0.106 e. The Labute approximate surface area is 63.8 Å². The quantitative estimate of drug-likeness (QED) is 0.571. The van der Waals surface area contributed by atoms with E-state index in [1.807, 2.05) is 24.3 Å². The molecule has 2 unspecified atom stereocenters. The molecule has 0 aliphatic heterocycles. The smallest absolute Gasteiger partial charge is 0.00659 e. The summed E-state index contributed by atoms with van der Waals surface area (Å²) in [5, 5.41) is 2.40. The third-order valence-corrected chi connectivity index (χ3v) is 2.61. The summed E-state index contributed by atoms with van der Waals surface area (Å²) in [6.07, 6.45) is 0. The Morgan fingerprint density at radius 2 is 1.78 bits per heavy atom. The van der Waals surface area contributed by atoms with Crippen LogP contribution in [-0.4, -0.2) is 0 Å². The van der Waals surface area contributed by atoms with Crippen molar-refractivity contribution < 1.29 is 0 Å². The zero-order chi connectivity index (χ0) is 6.69. The van der Waals surface area contributed by atoms with Gasteiger partial charge in [0.2, 0.25) is 0 Å². The zero-order valence-electron chi connectivity index (χ0n) is 4.76. The van der Waals surface area contributed by atoms with Crippen LogP contribution in [0.2, 0.25) is 0 Å². The number of hydrogen-bond acceptors (Lipinski definition) is 0. The van der Waals surface area contributed by atoms with Crippen LogP contribution >= 0.6 is 28.4 Å². The normalized spacial score (nSPS) is 10.9. The van der Waals surface area contributed by atoms with Gasteiger partial charge in [0.1, 0.15) is 0 Å². The molecule has 0 nitrogen and oxygen atoms in total. The summed E-state index contributed by atoms with van der Waals surface area (Å²) in [5.41, 5.74) is 0. The maximum Gasteiger partial charge on any atom is 0.00659 e. The average Bonchev–Trinajstić information content (AvgIpc) is 1.90. The molecule has 2 atom stereocenters. The molecular formula is C6H7ClP2. The number of hydrogen-bond donors (Lipinski definition) is 0. The van der Waals surface area contributed by atoms with Crippen LogP contribution in [0.1, 0.15) is 0 Å². The first-order valence-corrected chi connectivity index (χ1v) is 5.14. The van der Waals surface area contributed by atoms with E-state index in [-0.39, 0.29) is 0 Å². The van der Waals surface area contributed by atoms with E-state index in [0.717, 1.165) is 0 Å². The molecule has 0 radical (unpaired) electrons. The highest BCUT2D eigenvalue weighted by molar-refractivity contribution is 7.74. The molecule has 3 heteroatoms. The Balaban J connectivity index is 2.88. The second-order valence-corrected chi connectivity index (χ2v) is 3.72. The van der Waals surface area contributed by atoms with Gasteiger partial charge >= 0.3 is 0 Å². The molecule has 48 valence electrons. The van der Waals surface area contributed by atoms with E-state index in [2.05, 4.69) is 9.24 Å². The molecule has 0 N–H and O–H groups in total. The standard InChI is InChI=1S/C6H7ClP2/c7-9-6-3-1-5(8)2-4-6/h1-4,9H,8H2. The minimum absolute atomic E-state index is 0.389. The molecule has 0 heterocycles. The maximum atomic E-state index is 5.60. The lowest BCUT2D eigenvalue weighted by Crippen LogP contribution is -1.95. The van der Waals surface area contributed by atoms with Crippen molar-refractivity contribution in [1.82, 2.24) is 0 Å². The Morgan fingerprint density at radius 1 is 1.22 bits per heavy atom. The molecule has 9 heavy (non-hydrogen) atoms. The molecule has 0 spiro atoms. The number of benzene rings is 1. The van der Waals surface area contributed by atoms with Crippen molar-refractivity contribution >= 4 is 39.0 Å². The van der Waals surface area contributed by atoms with Gasteiger partial charge in [-0.3, -0.25) is 0 Å². The Kier molecular flexibility index (Phi) is 2.92. The van der Waals surface area contributed by atoms with Gasteiger partial charge in [0, 0.05) is 7.93 Å². The summed E-state index contributed by atoms with van der Waals surface area (Å²) >= 11 is 5.60. The fourth-order valence-corrected chi connectivity index (χ4v) is 1.41. The van der Waals surface area contributed by atoms with Crippen LogP contribution in [-0.2, 0) is 0 Å². The van der Waals surface area contributed by atoms with Crippen LogP contribution < -0.4 is 10.6 Å². The summed E-state index contributed by atoms with van der Waals surface area (Å²) in [6, 6.07) is 8.15. The number of rotatable bonds is 1. The first kappa shape index (κ1) is 7.48. The molecule has 1 aromatic carbocycles. The van der Waals surface area contributed by atoms with Crippen LogP contribution in [0.25, 0.3) is 0 Å². The molecule has 0 aliphatic rings. The molecular weight excluding hydrogens is 169 g/mol. The summed E-state index contributed by atoms with van der Waals surface area (Å²) in [5.74, 6) is 0. The minimum Gasteiger partial charge on any atom is -0.106 e. The third kappa shape index (κ3) is 2.22.